The van der Waals surface area contributed by atoms with Crippen LogP contribution in [-0.2, 0) is 4.74 Å². The first-order chi connectivity index (χ1) is 8.94. The monoisotopic (exact) mass is 266 g/mol. The molecule has 108 valence electrons. The van der Waals surface area contributed by atoms with Crippen molar-refractivity contribution in [2.75, 3.05) is 0 Å². The maximum Gasteiger partial charge on any atom is 0.428 e. The smallest absolute Gasteiger partial charge is 0.428 e. The highest BCUT2D eigenvalue weighted by molar-refractivity contribution is 5.86. The normalized spacial score (nSPS) is 29.7. The maximum absolute atomic E-state index is 11.5. The lowest BCUT2D eigenvalue weighted by Gasteiger charge is -2.35. The molecule has 2 aliphatic carbocycles. The van der Waals surface area contributed by atoms with Crippen LogP contribution in [0, 0.1) is 11.8 Å². The third kappa shape index (κ3) is 4.51. The van der Waals surface area contributed by atoms with Gasteiger partial charge in [-0.3, -0.25) is 0 Å². The lowest BCUT2D eigenvalue weighted by atomic mass is 9.70. The average Bonchev–Trinajstić information content (AvgIpc) is 2.34. The predicted octanol–water partition coefficient (Wildman–Crippen LogP) is 3.86. The fourth-order valence-electron chi connectivity index (χ4n) is 3.22. The van der Waals surface area contributed by atoms with Gasteiger partial charge in [0.05, 0.1) is 0 Å². The zero-order chi connectivity index (χ0) is 13.9. The molecule has 0 aromatic carbocycles. The van der Waals surface area contributed by atoms with Gasteiger partial charge in [0.2, 0.25) is 0 Å². The molecule has 19 heavy (non-hydrogen) atoms. The standard InChI is InChI=1S/C15H26N2O2/c1-15(2,3)19-14(18)17-16-13-9-8-11-6-4-5-7-12(11)10-13/h11-12H,4-10H2,1-3H3,(H,17,18)/b16-13-/t11-,12+/m0/s1. The van der Waals surface area contributed by atoms with Crippen molar-refractivity contribution in [1.82, 2.24) is 5.43 Å². The molecule has 0 bridgehead atoms. The molecule has 1 amide bonds. The highest BCUT2D eigenvalue weighted by Gasteiger charge is 2.30. The summed E-state index contributed by atoms with van der Waals surface area (Å²) >= 11 is 0. The minimum absolute atomic E-state index is 0.453. The van der Waals surface area contributed by atoms with Gasteiger partial charge in [-0.25, -0.2) is 10.2 Å². The SMILES string of the molecule is CC(C)(C)OC(=O)N/N=C1/CC[C@@H]2CCCC[C@@H]2C1. The van der Waals surface area contributed by atoms with Crippen LogP contribution in [0.3, 0.4) is 0 Å². The van der Waals surface area contributed by atoms with Crippen LogP contribution in [0.15, 0.2) is 5.10 Å². The molecule has 2 fully saturated rings. The van der Waals surface area contributed by atoms with Crippen LogP contribution < -0.4 is 5.43 Å². The number of nitrogens with zero attached hydrogens (tertiary/aromatic N) is 1. The van der Waals surface area contributed by atoms with E-state index in [9.17, 15) is 4.79 Å². The number of fused-ring (bicyclic) bond motifs is 1. The fourth-order valence-corrected chi connectivity index (χ4v) is 3.22. The highest BCUT2D eigenvalue weighted by Crippen LogP contribution is 2.39. The Bertz CT molecular complexity index is 358. The van der Waals surface area contributed by atoms with Crippen LogP contribution in [0.5, 0.6) is 0 Å². The Balaban J connectivity index is 1.82. The van der Waals surface area contributed by atoms with Crippen molar-refractivity contribution >= 4 is 11.8 Å². The van der Waals surface area contributed by atoms with Gasteiger partial charge in [-0.05, 0) is 58.3 Å². The third-order valence-corrected chi connectivity index (χ3v) is 4.07. The number of carbonyl (C=O) groups is 1. The first kappa shape index (κ1) is 14.4. The second-order valence-corrected chi connectivity index (χ2v) is 6.84. The van der Waals surface area contributed by atoms with Gasteiger partial charge in [-0.1, -0.05) is 19.3 Å². The summed E-state index contributed by atoms with van der Waals surface area (Å²) in [6.07, 6.45) is 8.33. The topological polar surface area (TPSA) is 50.7 Å². The Kier molecular flexibility index (Phi) is 4.48. The lowest BCUT2D eigenvalue weighted by molar-refractivity contribution is 0.0528. The van der Waals surface area contributed by atoms with E-state index in [-0.39, 0.29) is 0 Å². The first-order valence-corrected chi connectivity index (χ1v) is 7.48. The van der Waals surface area contributed by atoms with Crippen LogP contribution in [0.2, 0.25) is 0 Å². The van der Waals surface area contributed by atoms with Gasteiger partial charge < -0.3 is 4.74 Å². The van der Waals surface area contributed by atoms with E-state index in [1.807, 2.05) is 20.8 Å². The molecule has 0 radical (unpaired) electrons. The number of hydrazone groups is 1. The van der Waals surface area contributed by atoms with Crippen molar-refractivity contribution in [3.8, 4) is 0 Å². The molecular formula is C15H26N2O2. The zero-order valence-electron chi connectivity index (χ0n) is 12.4. The number of hydrogen-bond donors (Lipinski definition) is 1. The van der Waals surface area contributed by atoms with Gasteiger partial charge in [-0.15, -0.1) is 0 Å². The number of ether oxygens (including phenoxy) is 1. The molecule has 2 rings (SSSR count). The molecule has 0 aromatic rings. The van der Waals surface area contributed by atoms with E-state index >= 15 is 0 Å². The average molecular weight is 266 g/mol. The maximum atomic E-state index is 11.5. The van der Waals surface area contributed by atoms with Crippen LogP contribution >= 0.6 is 0 Å². The van der Waals surface area contributed by atoms with E-state index in [0.717, 1.165) is 30.4 Å². The number of hydrogen-bond acceptors (Lipinski definition) is 3. The number of nitrogens with one attached hydrogen (secondary N) is 1. The molecule has 0 aromatic heterocycles. The van der Waals surface area contributed by atoms with Crippen LogP contribution in [0.1, 0.15) is 65.7 Å². The van der Waals surface area contributed by atoms with Crippen molar-refractivity contribution in [2.45, 2.75) is 71.3 Å². The molecule has 2 saturated carbocycles. The number of amides is 1. The minimum atomic E-state index is -0.467. The Morgan fingerprint density at radius 3 is 2.58 bits per heavy atom. The largest absolute Gasteiger partial charge is 0.443 e. The summed E-state index contributed by atoms with van der Waals surface area (Å²) in [5.41, 5.74) is 3.20. The van der Waals surface area contributed by atoms with E-state index in [0.29, 0.717) is 0 Å². The summed E-state index contributed by atoms with van der Waals surface area (Å²) in [6, 6.07) is 0. The van der Waals surface area contributed by atoms with E-state index in [4.69, 9.17) is 4.74 Å². The predicted molar refractivity (Wildman–Crippen MR) is 76.1 cm³/mol. The molecule has 2 aliphatic rings. The Labute approximate surface area is 116 Å². The molecule has 0 aliphatic heterocycles. The van der Waals surface area contributed by atoms with Crippen LogP contribution in [0.4, 0.5) is 4.79 Å². The lowest BCUT2D eigenvalue weighted by Crippen LogP contribution is -2.32. The van der Waals surface area contributed by atoms with Gasteiger partial charge in [-0.2, -0.15) is 5.10 Å². The molecule has 1 N–H and O–H groups in total. The van der Waals surface area contributed by atoms with Gasteiger partial charge in [0.15, 0.2) is 0 Å². The molecule has 0 unspecified atom stereocenters. The molecule has 2 atom stereocenters. The summed E-state index contributed by atoms with van der Waals surface area (Å²) in [4.78, 5) is 11.5. The van der Waals surface area contributed by atoms with Gasteiger partial charge in [0, 0.05) is 5.71 Å². The highest BCUT2D eigenvalue weighted by atomic mass is 16.6. The van der Waals surface area contributed by atoms with Crippen molar-refractivity contribution in [2.24, 2.45) is 16.9 Å². The fraction of sp³-hybridized carbons (Fsp3) is 0.867. The second-order valence-electron chi connectivity index (χ2n) is 6.84. The van der Waals surface area contributed by atoms with E-state index in [1.54, 1.807) is 0 Å². The summed E-state index contributed by atoms with van der Waals surface area (Å²) < 4.78 is 5.18. The zero-order valence-corrected chi connectivity index (χ0v) is 12.4. The van der Waals surface area contributed by atoms with Gasteiger partial charge in [0.1, 0.15) is 5.60 Å². The summed E-state index contributed by atoms with van der Waals surface area (Å²) in [5.74, 6) is 1.69. The van der Waals surface area contributed by atoms with Gasteiger partial charge >= 0.3 is 6.09 Å². The van der Waals surface area contributed by atoms with E-state index in [1.165, 1.54) is 32.1 Å². The van der Waals surface area contributed by atoms with Crippen molar-refractivity contribution in [1.29, 1.82) is 0 Å². The Hall–Kier alpha value is -1.06. The first-order valence-electron chi connectivity index (χ1n) is 7.48. The Morgan fingerprint density at radius 2 is 1.89 bits per heavy atom. The third-order valence-electron chi connectivity index (χ3n) is 4.07. The second kappa shape index (κ2) is 5.93. The van der Waals surface area contributed by atoms with Crippen LogP contribution in [0.25, 0.3) is 0 Å². The van der Waals surface area contributed by atoms with Crippen molar-refractivity contribution < 1.29 is 9.53 Å². The van der Waals surface area contributed by atoms with Crippen LogP contribution in [-0.4, -0.2) is 17.4 Å². The Morgan fingerprint density at radius 1 is 1.21 bits per heavy atom. The van der Waals surface area contributed by atoms with Gasteiger partial charge in [0.25, 0.3) is 0 Å². The quantitative estimate of drug-likeness (QED) is 0.733. The molecule has 0 saturated heterocycles. The van der Waals surface area contributed by atoms with E-state index < -0.39 is 11.7 Å². The van der Waals surface area contributed by atoms with E-state index in [2.05, 4.69) is 10.5 Å². The summed E-state index contributed by atoms with van der Waals surface area (Å²) in [7, 11) is 0. The minimum Gasteiger partial charge on any atom is -0.443 e. The van der Waals surface area contributed by atoms with Crippen molar-refractivity contribution in [3.63, 3.8) is 0 Å². The van der Waals surface area contributed by atoms with Crippen molar-refractivity contribution in [3.05, 3.63) is 0 Å². The molecule has 0 spiro atoms. The number of rotatable bonds is 1. The summed E-state index contributed by atoms with van der Waals surface area (Å²) in [6.45, 7) is 5.56. The molecule has 4 heteroatoms. The molecule has 0 heterocycles. The molecular weight excluding hydrogens is 240 g/mol. The molecule has 4 nitrogen and oxygen atoms in total. The summed E-state index contributed by atoms with van der Waals surface area (Å²) in [5, 5.41) is 4.25. The number of carbonyl (C=O) groups excluding carboxylic acids is 1.